The number of alkyl halides is 3. The second-order valence-corrected chi connectivity index (χ2v) is 5.50. The van der Waals surface area contributed by atoms with Crippen LogP contribution in [0.2, 0.25) is 5.02 Å². The minimum Gasteiger partial charge on any atom is -0.479 e. The molecule has 0 fully saturated rings. The molecule has 1 aromatic carbocycles. The summed E-state index contributed by atoms with van der Waals surface area (Å²) in [5, 5.41) is 14.9. The van der Waals surface area contributed by atoms with Crippen molar-refractivity contribution in [3.05, 3.63) is 46.7 Å². The minimum atomic E-state index is -4.88. The monoisotopic (exact) mass is 391 g/mol. The number of benzene rings is 1. The summed E-state index contributed by atoms with van der Waals surface area (Å²) in [6, 6.07) is 5.40. The highest BCUT2D eigenvalue weighted by atomic mass is 35.5. The molecular weight excluding hydrogens is 379 g/mol. The van der Waals surface area contributed by atoms with Gasteiger partial charge in [0.25, 0.3) is 5.91 Å². The van der Waals surface area contributed by atoms with Gasteiger partial charge in [0.2, 0.25) is 0 Å². The first-order chi connectivity index (χ1) is 12.1. The highest BCUT2D eigenvalue weighted by Crippen LogP contribution is 2.33. The summed E-state index contributed by atoms with van der Waals surface area (Å²) in [6.07, 6.45) is -5.51. The average Bonchev–Trinajstić information content (AvgIpc) is 3.01. The van der Waals surface area contributed by atoms with Gasteiger partial charge in [-0.2, -0.15) is 18.3 Å². The number of hydrogen-bond donors (Lipinski definition) is 2. The molecule has 2 rings (SSSR count). The van der Waals surface area contributed by atoms with E-state index in [4.69, 9.17) is 16.7 Å². The van der Waals surface area contributed by atoms with E-state index in [9.17, 15) is 22.8 Å². The average molecular weight is 392 g/mol. The van der Waals surface area contributed by atoms with Gasteiger partial charge in [-0.05, 0) is 24.3 Å². The zero-order valence-electron chi connectivity index (χ0n) is 13.2. The Kier molecular flexibility index (Phi) is 5.88. The molecule has 0 saturated heterocycles. The first-order valence-electron chi connectivity index (χ1n) is 7.10. The predicted molar refractivity (Wildman–Crippen MR) is 84.3 cm³/mol. The summed E-state index contributed by atoms with van der Waals surface area (Å²) in [4.78, 5) is 23.0. The van der Waals surface area contributed by atoms with Crippen LogP contribution in [-0.2, 0) is 15.7 Å². The van der Waals surface area contributed by atoms with Crippen LogP contribution in [0.15, 0.2) is 30.5 Å². The number of carbonyl (C=O) groups excluding carboxylic acids is 1. The molecule has 0 radical (unpaired) electrons. The Morgan fingerprint density at radius 3 is 2.46 bits per heavy atom. The van der Waals surface area contributed by atoms with Crippen molar-refractivity contribution in [2.24, 2.45) is 0 Å². The molecule has 1 aromatic heterocycles. The summed E-state index contributed by atoms with van der Waals surface area (Å²) < 4.78 is 45.6. The number of methoxy groups -OCH3 is 1. The lowest BCUT2D eigenvalue weighted by Gasteiger charge is -2.14. The van der Waals surface area contributed by atoms with E-state index in [1.54, 1.807) is 0 Å². The number of aliphatic carboxylic acids is 1. The van der Waals surface area contributed by atoms with E-state index in [0.717, 1.165) is 13.3 Å². The zero-order chi connectivity index (χ0) is 19.5. The number of nitrogens with one attached hydrogen (secondary N) is 1. The SMILES string of the molecule is COC(CNC(=O)c1cnn(-c2ccc(Cl)cc2)c1C(F)(F)F)C(=O)O. The second kappa shape index (κ2) is 7.75. The largest absolute Gasteiger partial charge is 0.479 e. The van der Waals surface area contributed by atoms with E-state index in [-0.39, 0.29) is 5.69 Å². The third-order valence-electron chi connectivity index (χ3n) is 3.36. The lowest BCUT2D eigenvalue weighted by molar-refractivity contribution is -0.148. The molecule has 1 heterocycles. The van der Waals surface area contributed by atoms with Crippen molar-refractivity contribution in [1.29, 1.82) is 0 Å². The summed E-state index contributed by atoms with van der Waals surface area (Å²) in [6.45, 7) is -0.506. The van der Waals surface area contributed by atoms with Crippen molar-refractivity contribution in [1.82, 2.24) is 15.1 Å². The molecule has 0 spiro atoms. The molecule has 7 nitrogen and oxygen atoms in total. The summed E-state index contributed by atoms with van der Waals surface area (Å²) >= 11 is 5.72. The minimum absolute atomic E-state index is 0.0566. The van der Waals surface area contributed by atoms with E-state index in [0.29, 0.717) is 9.70 Å². The first-order valence-corrected chi connectivity index (χ1v) is 7.48. The number of ether oxygens (including phenoxy) is 1. The quantitative estimate of drug-likeness (QED) is 0.788. The number of carboxylic acid groups (broad SMARTS) is 1. The maximum absolute atomic E-state index is 13.5. The van der Waals surface area contributed by atoms with E-state index >= 15 is 0 Å². The zero-order valence-corrected chi connectivity index (χ0v) is 14.0. The van der Waals surface area contributed by atoms with Crippen molar-refractivity contribution >= 4 is 23.5 Å². The molecule has 0 aliphatic heterocycles. The molecule has 1 amide bonds. The Labute approximate surface area is 150 Å². The molecule has 26 heavy (non-hydrogen) atoms. The van der Waals surface area contributed by atoms with Gasteiger partial charge < -0.3 is 15.2 Å². The van der Waals surface area contributed by atoms with Gasteiger partial charge in [0, 0.05) is 12.1 Å². The number of nitrogens with zero attached hydrogens (tertiary/aromatic N) is 2. The fourth-order valence-electron chi connectivity index (χ4n) is 2.12. The molecule has 11 heteroatoms. The van der Waals surface area contributed by atoms with Crippen molar-refractivity contribution in [2.45, 2.75) is 12.3 Å². The number of hydrogen-bond acceptors (Lipinski definition) is 4. The van der Waals surface area contributed by atoms with E-state index in [1.165, 1.54) is 24.3 Å². The second-order valence-electron chi connectivity index (χ2n) is 5.07. The smallest absolute Gasteiger partial charge is 0.434 e. The van der Waals surface area contributed by atoms with Crippen LogP contribution < -0.4 is 5.32 Å². The van der Waals surface area contributed by atoms with Gasteiger partial charge in [-0.3, -0.25) is 4.79 Å². The normalized spacial score (nSPS) is 12.7. The van der Waals surface area contributed by atoms with E-state index in [1.807, 2.05) is 0 Å². The number of carbonyl (C=O) groups is 2. The number of aromatic nitrogens is 2. The van der Waals surface area contributed by atoms with Crippen molar-refractivity contribution in [3.8, 4) is 5.69 Å². The molecule has 2 aromatic rings. The van der Waals surface area contributed by atoms with Gasteiger partial charge in [0.15, 0.2) is 11.8 Å². The van der Waals surface area contributed by atoms with E-state index < -0.39 is 42.0 Å². The Morgan fingerprint density at radius 2 is 1.96 bits per heavy atom. The topological polar surface area (TPSA) is 93.5 Å². The maximum Gasteiger partial charge on any atom is 0.434 e. The van der Waals surface area contributed by atoms with Crippen LogP contribution in [0.4, 0.5) is 13.2 Å². The van der Waals surface area contributed by atoms with Crippen LogP contribution in [-0.4, -0.2) is 46.5 Å². The number of rotatable bonds is 6. The third kappa shape index (κ3) is 4.33. The molecule has 0 bridgehead atoms. The molecule has 2 N–H and O–H groups in total. The van der Waals surface area contributed by atoms with Crippen LogP contribution in [0.3, 0.4) is 0 Å². The fraction of sp³-hybridized carbons (Fsp3) is 0.267. The van der Waals surface area contributed by atoms with Crippen LogP contribution in [0.1, 0.15) is 16.1 Å². The lowest BCUT2D eigenvalue weighted by atomic mass is 10.2. The van der Waals surface area contributed by atoms with Crippen LogP contribution in [0.25, 0.3) is 5.69 Å². The maximum atomic E-state index is 13.5. The Bertz CT molecular complexity index is 805. The highest BCUT2D eigenvalue weighted by Gasteiger charge is 2.40. The summed E-state index contributed by atoms with van der Waals surface area (Å²) in [5.41, 5.74) is -1.98. The number of carboxylic acids is 1. The van der Waals surface area contributed by atoms with Crippen molar-refractivity contribution < 1.29 is 32.6 Å². The van der Waals surface area contributed by atoms with Crippen LogP contribution in [0, 0.1) is 0 Å². The van der Waals surface area contributed by atoms with Gasteiger partial charge in [-0.25, -0.2) is 9.48 Å². The van der Waals surface area contributed by atoms with Gasteiger partial charge >= 0.3 is 12.1 Å². The third-order valence-corrected chi connectivity index (χ3v) is 3.61. The number of amides is 1. The molecule has 0 saturated carbocycles. The van der Waals surface area contributed by atoms with Gasteiger partial charge in [0.1, 0.15) is 0 Å². The first kappa shape index (κ1) is 19.7. The van der Waals surface area contributed by atoms with Crippen molar-refractivity contribution in [3.63, 3.8) is 0 Å². The predicted octanol–water partition coefficient (Wildman–Crippen LogP) is 2.37. The van der Waals surface area contributed by atoms with Crippen molar-refractivity contribution in [2.75, 3.05) is 13.7 Å². The summed E-state index contributed by atoms with van der Waals surface area (Å²) in [5.74, 6) is -2.48. The van der Waals surface area contributed by atoms with E-state index in [2.05, 4.69) is 15.2 Å². The van der Waals surface area contributed by atoms with Gasteiger partial charge in [0.05, 0.1) is 24.0 Å². The standard InChI is InChI=1S/C15H13ClF3N3O4/c1-26-11(14(24)25)7-20-13(23)10-6-21-22(12(10)15(17,18)19)9-4-2-8(16)3-5-9/h2-6,11H,7H2,1H3,(H,20,23)(H,24,25). The Balaban J connectivity index is 2.36. The Hall–Kier alpha value is -2.59. The number of halogens is 4. The molecule has 1 atom stereocenters. The van der Waals surface area contributed by atoms with Gasteiger partial charge in [-0.1, -0.05) is 11.6 Å². The summed E-state index contributed by atoms with van der Waals surface area (Å²) in [7, 11) is 1.10. The molecule has 140 valence electrons. The lowest BCUT2D eigenvalue weighted by Crippen LogP contribution is -2.38. The molecule has 1 unspecified atom stereocenters. The molecule has 0 aliphatic carbocycles. The molecule has 0 aliphatic rings. The van der Waals surface area contributed by atoms with Gasteiger partial charge in [-0.15, -0.1) is 0 Å². The highest BCUT2D eigenvalue weighted by molar-refractivity contribution is 6.30. The fourth-order valence-corrected chi connectivity index (χ4v) is 2.24. The van der Waals surface area contributed by atoms with Crippen LogP contribution in [0.5, 0.6) is 0 Å². The van der Waals surface area contributed by atoms with Crippen LogP contribution >= 0.6 is 11.6 Å². The Morgan fingerprint density at radius 1 is 1.35 bits per heavy atom. The molecular formula is C15H13ClF3N3O4.